The smallest absolute Gasteiger partial charge is 0.142 e. The number of fused-ring (bicyclic) bond motifs is 1. The van der Waals surface area contributed by atoms with E-state index in [2.05, 4.69) is 35.0 Å². The summed E-state index contributed by atoms with van der Waals surface area (Å²) in [5.74, 6) is 0.0340. The number of pyridine rings is 1. The molecule has 21 heavy (non-hydrogen) atoms. The highest BCUT2D eigenvalue weighted by Crippen LogP contribution is 2.29. The van der Waals surface area contributed by atoms with Gasteiger partial charge in [-0.05, 0) is 37.5 Å². The molecule has 2 aromatic rings. The maximum atomic E-state index is 7.66. The van der Waals surface area contributed by atoms with E-state index in [1.807, 2.05) is 12.1 Å². The van der Waals surface area contributed by atoms with Gasteiger partial charge in [-0.15, -0.1) is 0 Å². The predicted molar refractivity (Wildman–Crippen MR) is 85.8 cm³/mol. The average Bonchev–Trinajstić information content (AvgIpc) is 2.47. The fourth-order valence-electron chi connectivity index (χ4n) is 2.98. The normalized spacial score (nSPS) is 13.9. The molecule has 4 nitrogen and oxygen atoms in total. The van der Waals surface area contributed by atoms with Gasteiger partial charge in [0.25, 0.3) is 0 Å². The Morgan fingerprint density at radius 2 is 2.24 bits per heavy atom. The molecule has 0 unspecified atom stereocenters. The highest BCUT2D eigenvalue weighted by Gasteiger charge is 2.18. The first-order chi connectivity index (χ1) is 10.1. The minimum Gasteiger partial charge on any atom is -0.382 e. The number of nitrogens with one attached hydrogen (secondary N) is 1. The molecule has 3 rings (SSSR count). The third-order valence-corrected chi connectivity index (χ3v) is 3.96. The van der Waals surface area contributed by atoms with Gasteiger partial charge in [-0.25, -0.2) is 0 Å². The molecule has 0 bridgehead atoms. The molecule has 0 saturated carbocycles. The van der Waals surface area contributed by atoms with E-state index in [-0.39, 0.29) is 5.84 Å². The first kappa shape index (κ1) is 13.6. The van der Waals surface area contributed by atoms with Crippen LogP contribution in [0.5, 0.6) is 0 Å². The van der Waals surface area contributed by atoms with E-state index in [0.29, 0.717) is 5.69 Å². The Kier molecular flexibility index (Phi) is 3.60. The van der Waals surface area contributed by atoms with Crippen LogP contribution in [0.15, 0.2) is 36.5 Å². The Morgan fingerprint density at radius 1 is 1.38 bits per heavy atom. The van der Waals surface area contributed by atoms with Crippen LogP contribution in [0.25, 0.3) is 0 Å². The van der Waals surface area contributed by atoms with E-state index in [9.17, 15) is 0 Å². The van der Waals surface area contributed by atoms with Gasteiger partial charge < -0.3 is 10.6 Å². The SMILES string of the molecule is Cc1ccc2c(c1)CCCN2Cc1cccnc1C(=N)N. The van der Waals surface area contributed by atoms with Crippen LogP contribution in [0.3, 0.4) is 0 Å². The maximum Gasteiger partial charge on any atom is 0.142 e. The molecule has 0 amide bonds. The molecule has 1 aromatic carbocycles. The zero-order chi connectivity index (χ0) is 14.8. The van der Waals surface area contributed by atoms with Crippen LogP contribution < -0.4 is 10.6 Å². The van der Waals surface area contributed by atoms with E-state index >= 15 is 0 Å². The Bertz CT molecular complexity index is 678. The minimum absolute atomic E-state index is 0.0340. The molecular formula is C17H20N4. The number of amidine groups is 1. The Balaban J connectivity index is 1.92. The van der Waals surface area contributed by atoms with E-state index < -0.39 is 0 Å². The average molecular weight is 280 g/mol. The summed E-state index contributed by atoms with van der Waals surface area (Å²) in [6.45, 7) is 3.91. The first-order valence-corrected chi connectivity index (χ1v) is 7.28. The number of nitrogens with two attached hydrogens (primary N) is 1. The van der Waals surface area contributed by atoms with Crippen LogP contribution in [0.4, 0.5) is 5.69 Å². The fraction of sp³-hybridized carbons (Fsp3) is 0.294. The van der Waals surface area contributed by atoms with Gasteiger partial charge in [-0.3, -0.25) is 10.4 Å². The molecule has 0 aliphatic carbocycles. The lowest BCUT2D eigenvalue weighted by Gasteiger charge is -2.32. The highest BCUT2D eigenvalue weighted by molar-refractivity contribution is 5.94. The molecule has 108 valence electrons. The van der Waals surface area contributed by atoms with Crippen LogP contribution in [0, 0.1) is 12.3 Å². The second kappa shape index (κ2) is 5.56. The van der Waals surface area contributed by atoms with Crippen LogP contribution >= 0.6 is 0 Å². The lowest BCUT2D eigenvalue weighted by molar-refractivity contribution is 0.689. The van der Waals surface area contributed by atoms with Crippen molar-refractivity contribution in [3.05, 3.63) is 58.9 Å². The van der Waals surface area contributed by atoms with Crippen LogP contribution in [-0.2, 0) is 13.0 Å². The number of hydrogen-bond donors (Lipinski definition) is 2. The lowest BCUT2D eigenvalue weighted by atomic mass is 9.99. The van der Waals surface area contributed by atoms with Crippen molar-refractivity contribution >= 4 is 11.5 Å². The Morgan fingerprint density at radius 3 is 3.05 bits per heavy atom. The third-order valence-electron chi connectivity index (χ3n) is 3.96. The van der Waals surface area contributed by atoms with Gasteiger partial charge in [0.2, 0.25) is 0 Å². The molecule has 0 saturated heterocycles. The zero-order valence-corrected chi connectivity index (χ0v) is 12.3. The van der Waals surface area contributed by atoms with Gasteiger partial charge in [-0.1, -0.05) is 23.8 Å². The molecule has 4 heteroatoms. The maximum absolute atomic E-state index is 7.66. The summed E-state index contributed by atoms with van der Waals surface area (Å²) < 4.78 is 0. The molecule has 3 N–H and O–H groups in total. The number of nitrogen functional groups attached to an aromatic ring is 1. The number of nitrogens with zero attached hydrogens (tertiary/aromatic N) is 2. The van der Waals surface area contributed by atoms with Crippen molar-refractivity contribution in [1.82, 2.24) is 4.98 Å². The molecule has 0 spiro atoms. The van der Waals surface area contributed by atoms with E-state index in [1.54, 1.807) is 6.20 Å². The second-order valence-corrected chi connectivity index (χ2v) is 5.58. The Hall–Kier alpha value is -2.36. The van der Waals surface area contributed by atoms with Gasteiger partial charge in [0.15, 0.2) is 0 Å². The van der Waals surface area contributed by atoms with Gasteiger partial charge >= 0.3 is 0 Å². The zero-order valence-electron chi connectivity index (χ0n) is 12.3. The quantitative estimate of drug-likeness (QED) is 0.671. The fourth-order valence-corrected chi connectivity index (χ4v) is 2.98. The molecule has 1 aromatic heterocycles. The third kappa shape index (κ3) is 2.75. The number of rotatable bonds is 3. The van der Waals surface area contributed by atoms with E-state index in [0.717, 1.165) is 31.5 Å². The number of anilines is 1. The van der Waals surface area contributed by atoms with Gasteiger partial charge in [-0.2, -0.15) is 0 Å². The van der Waals surface area contributed by atoms with Crippen LogP contribution in [0.1, 0.15) is 28.8 Å². The molecule has 0 atom stereocenters. The summed E-state index contributed by atoms with van der Waals surface area (Å²) in [5.41, 5.74) is 11.3. The highest BCUT2D eigenvalue weighted by atomic mass is 15.1. The lowest BCUT2D eigenvalue weighted by Crippen LogP contribution is -2.30. The van der Waals surface area contributed by atoms with Crippen molar-refractivity contribution < 1.29 is 0 Å². The monoisotopic (exact) mass is 280 g/mol. The molecular weight excluding hydrogens is 260 g/mol. The predicted octanol–water partition coefficient (Wildman–Crippen LogP) is 2.63. The number of benzene rings is 1. The number of aromatic nitrogens is 1. The standard InChI is InChI=1S/C17H20N4/c1-12-6-7-15-13(10-12)5-3-9-21(15)11-14-4-2-8-20-16(14)17(18)19/h2,4,6-8,10H,3,5,9,11H2,1H3,(H3,18,19). The summed E-state index contributed by atoms with van der Waals surface area (Å²) in [6.07, 6.45) is 3.99. The summed E-state index contributed by atoms with van der Waals surface area (Å²) in [6, 6.07) is 10.5. The molecule has 1 aliphatic heterocycles. The summed E-state index contributed by atoms with van der Waals surface area (Å²) >= 11 is 0. The molecule has 1 aliphatic rings. The van der Waals surface area contributed by atoms with Crippen molar-refractivity contribution in [2.24, 2.45) is 5.73 Å². The first-order valence-electron chi connectivity index (χ1n) is 7.28. The molecule has 0 radical (unpaired) electrons. The number of hydrogen-bond acceptors (Lipinski definition) is 3. The van der Waals surface area contributed by atoms with Crippen LogP contribution in [-0.4, -0.2) is 17.4 Å². The largest absolute Gasteiger partial charge is 0.382 e. The van der Waals surface area contributed by atoms with Crippen molar-refractivity contribution in [3.8, 4) is 0 Å². The van der Waals surface area contributed by atoms with E-state index in [4.69, 9.17) is 11.1 Å². The van der Waals surface area contributed by atoms with E-state index in [1.165, 1.54) is 16.8 Å². The van der Waals surface area contributed by atoms with Crippen molar-refractivity contribution in [2.45, 2.75) is 26.3 Å². The van der Waals surface area contributed by atoms with Crippen molar-refractivity contribution in [3.63, 3.8) is 0 Å². The molecule has 0 fully saturated rings. The number of aryl methyl sites for hydroxylation is 2. The molecule has 2 heterocycles. The van der Waals surface area contributed by atoms with Gasteiger partial charge in [0, 0.05) is 30.5 Å². The van der Waals surface area contributed by atoms with Gasteiger partial charge in [0.05, 0.1) is 0 Å². The minimum atomic E-state index is 0.0340. The summed E-state index contributed by atoms with van der Waals surface area (Å²) in [4.78, 5) is 6.60. The van der Waals surface area contributed by atoms with Gasteiger partial charge in [0.1, 0.15) is 11.5 Å². The van der Waals surface area contributed by atoms with Crippen LogP contribution in [0.2, 0.25) is 0 Å². The summed E-state index contributed by atoms with van der Waals surface area (Å²) in [5, 5.41) is 7.66. The van der Waals surface area contributed by atoms with Crippen molar-refractivity contribution in [1.29, 1.82) is 5.41 Å². The van der Waals surface area contributed by atoms with Crippen molar-refractivity contribution in [2.75, 3.05) is 11.4 Å². The Labute approximate surface area is 125 Å². The topological polar surface area (TPSA) is 66.0 Å². The summed E-state index contributed by atoms with van der Waals surface area (Å²) in [7, 11) is 0. The second-order valence-electron chi connectivity index (χ2n) is 5.58.